The molecule has 2 fully saturated rings. The van der Waals surface area contributed by atoms with E-state index in [1.807, 2.05) is 18.7 Å². The predicted octanol–water partition coefficient (Wildman–Crippen LogP) is 5.07. The Morgan fingerprint density at radius 2 is 2.16 bits per heavy atom. The number of nitrogens with one attached hydrogen (secondary N) is 1. The van der Waals surface area contributed by atoms with Crippen LogP contribution < -0.4 is 15.0 Å². The van der Waals surface area contributed by atoms with E-state index in [1.165, 1.54) is 12.1 Å². The number of halogens is 2. The summed E-state index contributed by atoms with van der Waals surface area (Å²) in [7, 11) is 1.66. The fourth-order valence-electron chi connectivity index (χ4n) is 4.28. The maximum atomic E-state index is 14.7. The molecule has 7 nitrogen and oxygen atoms in total. The fourth-order valence-corrected chi connectivity index (χ4v) is 4.53. The van der Waals surface area contributed by atoms with E-state index in [0.717, 1.165) is 19.3 Å². The topological polar surface area (TPSA) is 76.8 Å². The molecule has 1 saturated carbocycles. The van der Waals surface area contributed by atoms with E-state index in [0.29, 0.717) is 37.2 Å². The molecular weight excluding hydrogens is 437 g/mol. The molecule has 1 aliphatic carbocycles. The number of oxazole rings is 1. The summed E-state index contributed by atoms with van der Waals surface area (Å²) in [6.45, 7) is 7.27. The highest BCUT2D eigenvalue weighted by Crippen LogP contribution is 2.36. The van der Waals surface area contributed by atoms with E-state index in [2.05, 4.69) is 17.2 Å². The number of aryl methyl sites for hydroxylation is 1. The van der Waals surface area contributed by atoms with Gasteiger partial charge in [-0.1, -0.05) is 25.4 Å². The molecule has 0 radical (unpaired) electrons. The van der Waals surface area contributed by atoms with E-state index in [9.17, 15) is 9.18 Å². The van der Waals surface area contributed by atoms with Gasteiger partial charge in [-0.05, 0) is 38.2 Å². The van der Waals surface area contributed by atoms with E-state index in [1.54, 1.807) is 7.11 Å². The minimum Gasteiger partial charge on any atom is -0.486 e. The quantitative estimate of drug-likeness (QED) is 0.614. The number of benzene rings is 1. The van der Waals surface area contributed by atoms with Crippen molar-refractivity contribution in [2.75, 3.05) is 30.4 Å². The van der Waals surface area contributed by atoms with Crippen LogP contribution in [0.15, 0.2) is 16.5 Å². The number of nitrogens with zero attached hydrogens (tertiary/aromatic N) is 2. The summed E-state index contributed by atoms with van der Waals surface area (Å²) in [4.78, 5) is 19.2. The van der Waals surface area contributed by atoms with Crippen molar-refractivity contribution in [2.24, 2.45) is 5.92 Å². The van der Waals surface area contributed by atoms with Crippen LogP contribution in [-0.4, -0.2) is 42.8 Å². The van der Waals surface area contributed by atoms with Gasteiger partial charge in [0.15, 0.2) is 17.3 Å². The Balaban J connectivity index is 1.47. The van der Waals surface area contributed by atoms with Gasteiger partial charge >= 0.3 is 0 Å². The second kappa shape index (κ2) is 8.90. The van der Waals surface area contributed by atoms with Gasteiger partial charge in [-0.3, -0.25) is 4.79 Å². The van der Waals surface area contributed by atoms with Crippen molar-refractivity contribution in [1.82, 2.24) is 4.98 Å². The third-order valence-corrected chi connectivity index (χ3v) is 6.50. The first-order chi connectivity index (χ1) is 15.2. The number of amides is 1. The summed E-state index contributed by atoms with van der Waals surface area (Å²) in [6, 6.07) is 3.08. The molecule has 2 aromatic rings. The van der Waals surface area contributed by atoms with Crippen LogP contribution in [0.3, 0.4) is 0 Å². The Morgan fingerprint density at radius 3 is 2.75 bits per heavy atom. The largest absolute Gasteiger partial charge is 0.486 e. The molecule has 1 aromatic heterocycles. The smallest absolute Gasteiger partial charge is 0.298 e. The summed E-state index contributed by atoms with van der Waals surface area (Å²) >= 11 is 6.28. The number of methoxy groups -OCH3 is 1. The maximum absolute atomic E-state index is 14.7. The average molecular weight is 466 g/mol. The third-order valence-electron chi connectivity index (χ3n) is 6.22. The van der Waals surface area contributed by atoms with E-state index in [4.69, 9.17) is 25.5 Å². The van der Waals surface area contributed by atoms with E-state index < -0.39 is 11.7 Å². The minimum atomic E-state index is -0.608. The lowest BCUT2D eigenvalue weighted by Crippen LogP contribution is -2.61. The molecule has 9 heteroatoms. The van der Waals surface area contributed by atoms with Gasteiger partial charge in [-0.25, -0.2) is 4.39 Å². The zero-order valence-electron chi connectivity index (χ0n) is 18.8. The predicted molar refractivity (Wildman–Crippen MR) is 120 cm³/mol. The van der Waals surface area contributed by atoms with Gasteiger partial charge in [-0.2, -0.15) is 4.98 Å². The summed E-state index contributed by atoms with van der Waals surface area (Å²) in [5.74, 6) is -0.0462. The molecule has 32 heavy (non-hydrogen) atoms. The van der Waals surface area contributed by atoms with E-state index >= 15 is 0 Å². The van der Waals surface area contributed by atoms with Gasteiger partial charge in [-0.15, -0.1) is 0 Å². The van der Waals surface area contributed by atoms with Crippen molar-refractivity contribution in [3.05, 3.63) is 34.4 Å². The number of anilines is 2. The van der Waals surface area contributed by atoms with Crippen molar-refractivity contribution in [3.8, 4) is 5.75 Å². The summed E-state index contributed by atoms with van der Waals surface area (Å²) < 4.78 is 31.8. The maximum Gasteiger partial charge on any atom is 0.298 e. The van der Waals surface area contributed by atoms with Crippen molar-refractivity contribution in [2.45, 2.75) is 58.2 Å². The van der Waals surface area contributed by atoms with Gasteiger partial charge in [0, 0.05) is 25.3 Å². The summed E-state index contributed by atoms with van der Waals surface area (Å²) in [6.07, 6.45) is 3.26. The number of ether oxygens (including phenoxy) is 2. The number of hydrogen-bond donors (Lipinski definition) is 1. The van der Waals surface area contributed by atoms with Gasteiger partial charge < -0.3 is 24.1 Å². The fraction of sp³-hybridized carbons (Fsp3) is 0.565. The normalized spacial score (nSPS) is 22.0. The van der Waals surface area contributed by atoms with Crippen LogP contribution in [0.25, 0.3) is 0 Å². The molecule has 1 N–H and O–H groups in total. The highest BCUT2D eigenvalue weighted by atomic mass is 35.5. The molecule has 2 heterocycles. The first-order valence-electron chi connectivity index (χ1n) is 11.0. The zero-order chi connectivity index (χ0) is 23.0. The molecule has 174 valence electrons. The van der Waals surface area contributed by atoms with Gasteiger partial charge in [0.05, 0.1) is 24.2 Å². The van der Waals surface area contributed by atoms with Crippen LogP contribution in [0.4, 0.5) is 16.1 Å². The number of hydrogen-bond acceptors (Lipinski definition) is 6. The Labute approximate surface area is 192 Å². The van der Waals surface area contributed by atoms with Crippen molar-refractivity contribution in [1.29, 1.82) is 0 Å². The molecule has 2 atom stereocenters. The molecule has 1 aliphatic heterocycles. The van der Waals surface area contributed by atoms with Crippen molar-refractivity contribution in [3.63, 3.8) is 0 Å². The Morgan fingerprint density at radius 1 is 1.41 bits per heavy atom. The van der Waals surface area contributed by atoms with Crippen LogP contribution in [0.5, 0.6) is 5.75 Å². The van der Waals surface area contributed by atoms with Gasteiger partial charge in [0.2, 0.25) is 0 Å². The summed E-state index contributed by atoms with van der Waals surface area (Å²) in [5.41, 5.74) is 0.148. The lowest BCUT2D eigenvalue weighted by atomic mass is 9.97. The van der Waals surface area contributed by atoms with Crippen LogP contribution in [0.1, 0.15) is 56.3 Å². The van der Waals surface area contributed by atoms with Crippen LogP contribution in [0, 0.1) is 11.7 Å². The Hall–Kier alpha value is -2.32. The molecule has 0 bridgehead atoms. The molecule has 1 aromatic carbocycles. The van der Waals surface area contributed by atoms with Gasteiger partial charge in [0.25, 0.3) is 11.9 Å². The SMILES string of the molecule is CCc1oc(N2CC(C)(OC)C2)nc1C(=O)Nc1cc(F)c(OC2CCC(C)C2)c(Cl)c1. The van der Waals surface area contributed by atoms with Crippen LogP contribution >= 0.6 is 11.6 Å². The number of carbonyl (C=O) groups excluding carboxylic acids is 1. The molecule has 2 aliphatic rings. The average Bonchev–Trinajstić information content (AvgIpc) is 3.34. The van der Waals surface area contributed by atoms with Crippen molar-refractivity contribution < 1.29 is 23.1 Å². The molecule has 4 rings (SSSR count). The molecule has 1 saturated heterocycles. The summed E-state index contributed by atoms with van der Waals surface area (Å²) in [5, 5.41) is 2.79. The van der Waals surface area contributed by atoms with E-state index in [-0.39, 0.29) is 33.9 Å². The van der Waals surface area contributed by atoms with Gasteiger partial charge in [0.1, 0.15) is 11.4 Å². The number of carbonyl (C=O) groups is 1. The first kappa shape index (κ1) is 22.9. The minimum absolute atomic E-state index is 0.0284. The molecule has 0 spiro atoms. The Bertz CT molecular complexity index is 982. The second-order valence-corrected chi connectivity index (χ2v) is 9.42. The lowest BCUT2D eigenvalue weighted by molar-refractivity contribution is -0.0191. The Kier molecular flexibility index (Phi) is 6.36. The third kappa shape index (κ3) is 4.57. The van der Waals surface area contributed by atoms with Crippen molar-refractivity contribution >= 4 is 29.2 Å². The lowest BCUT2D eigenvalue weighted by Gasteiger charge is -2.45. The zero-order valence-corrected chi connectivity index (χ0v) is 19.6. The second-order valence-electron chi connectivity index (χ2n) is 9.01. The highest BCUT2D eigenvalue weighted by Gasteiger charge is 2.41. The number of rotatable bonds is 7. The first-order valence-corrected chi connectivity index (χ1v) is 11.4. The monoisotopic (exact) mass is 465 g/mol. The standard InChI is InChI=1S/C23H29ClFN3O4/c1-5-18-19(27-22(32-18)28-11-23(3,12-28)30-4)21(29)26-14-9-16(24)20(17(25)10-14)31-15-7-6-13(2)8-15/h9-10,13,15H,5-8,11-12H2,1-4H3,(H,26,29). The highest BCUT2D eigenvalue weighted by molar-refractivity contribution is 6.32. The molecule has 1 amide bonds. The van der Waals surface area contributed by atoms with Crippen LogP contribution in [0.2, 0.25) is 5.02 Å². The van der Waals surface area contributed by atoms with Crippen LogP contribution in [-0.2, 0) is 11.2 Å². The molecular formula is C23H29ClFN3O4. The number of aromatic nitrogens is 1. The molecule has 2 unspecified atom stereocenters.